The molecule has 1 N–H and O–H groups in total. The lowest BCUT2D eigenvalue weighted by atomic mass is 9.88. The summed E-state index contributed by atoms with van der Waals surface area (Å²) in [6.45, 7) is 0. The summed E-state index contributed by atoms with van der Waals surface area (Å²) in [6.07, 6.45) is 2.91. The van der Waals surface area contributed by atoms with Crippen molar-refractivity contribution in [2.75, 3.05) is 7.11 Å². The Labute approximate surface area is 138 Å². The molecule has 3 rings (SSSR count). The van der Waals surface area contributed by atoms with E-state index in [4.69, 9.17) is 4.74 Å². The number of hydrogen-bond donors (Lipinski definition) is 1. The minimum atomic E-state index is -0.0345. The number of halogens is 1. The van der Waals surface area contributed by atoms with E-state index in [2.05, 4.69) is 45.5 Å². The molecule has 2 aromatic carbocycles. The molecule has 22 heavy (non-hydrogen) atoms. The van der Waals surface area contributed by atoms with E-state index in [0.717, 1.165) is 29.5 Å². The number of hydrogen-bond acceptors (Lipinski definition) is 2. The SMILES string of the molecule is COc1ccc(C(=O)NC2CCc3ccccc3C2)cc1Br. The van der Waals surface area contributed by atoms with Gasteiger partial charge >= 0.3 is 0 Å². The van der Waals surface area contributed by atoms with E-state index in [9.17, 15) is 4.79 Å². The summed E-state index contributed by atoms with van der Waals surface area (Å²) in [5.74, 6) is 0.691. The lowest BCUT2D eigenvalue weighted by Gasteiger charge is -2.25. The fraction of sp³-hybridized carbons (Fsp3) is 0.278. The third-order valence-corrected chi connectivity index (χ3v) is 4.72. The van der Waals surface area contributed by atoms with Crippen LogP contribution in [-0.4, -0.2) is 19.1 Å². The standard InChI is InChI=1S/C18H18BrNO2/c1-22-17-9-7-14(11-16(17)19)18(21)20-15-8-6-12-4-2-3-5-13(12)10-15/h2-5,7,9,11,15H,6,8,10H2,1H3,(H,20,21). The molecule has 1 atom stereocenters. The molecule has 1 unspecified atom stereocenters. The molecule has 0 saturated carbocycles. The Bertz CT molecular complexity index is 699. The van der Waals surface area contributed by atoms with Gasteiger partial charge in [0, 0.05) is 11.6 Å². The molecule has 0 saturated heterocycles. The number of methoxy groups -OCH3 is 1. The average molecular weight is 360 g/mol. The highest BCUT2D eigenvalue weighted by atomic mass is 79.9. The summed E-state index contributed by atoms with van der Waals surface area (Å²) in [5, 5.41) is 3.14. The van der Waals surface area contributed by atoms with Gasteiger partial charge in [0.1, 0.15) is 5.75 Å². The van der Waals surface area contributed by atoms with Crippen molar-refractivity contribution in [2.24, 2.45) is 0 Å². The van der Waals surface area contributed by atoms with Crippen molar-refractivity contribution in [3.63, 3.8) is 0 Å². The van der Waals surface area contributed by atoms with E-state index in [1.165, 1.54) is 11.1 Å². The normalized spacial score (nSPS) is 16.7. The third-order valence-electron chi connectivity index (χ3n) is 4.10. The topological polar surface area (TPSA) is 38.3 Å². The highest BCUT2D eigenvalue weighted by molar-refractivity contribution is 9.10. The number of fused-ring (bicyclic) bond motifs is 1. The fourth-order valence-corrected chi connectivity index (χ4v) is 3.44. The molecule has 0 bridgehead atoms. The van der Waals surface area contributed by atoms with Gasteiger partial charge in [0.05, 0.1) is 11.6 Å². The van der Waals surface area contributed by atoms with Crippen molar-refractivity contribution in [3.8, 4) is 5.75 Å². The number of benzene rings is 2. The van der Waals surface area contributed by atoms with Crippen LogP contribution in [0.25, 0.3) is 0 Å². The Hall–Kier alpha value is -1.81. The van der Waals surface area contributed by atoms with Crippen LogP contribution in [0.1, 0.15) is 27.9 Å². The van der Waals surface area contributed by atoms with Gasteiger partial charge in [0.25, 0.3) is 5.91 Å². The van der Waals surface area contributed by atoms with E-state index in [1.54, 1.807) is 25.3 Å². The van der Waals surface area contributed by atoms with Gasteiger partial charge in [0.15, 0.2) is 0 Å². The number of carbonyl (C=O) groups is 1. The second-order valence-corrected chi connectivity index (χ2v) is 6.39. The number of carbonyl (C=O) groups excluding carboxylic acids is 1. The summed E-state index contributed by atoms with van der Waals surface area (Å²) in [5.41, 5.74) is 3.39. The van der Waals surface area contributed by atoms with Crippen LogP contribution in [0.2, 0.25) is 0 Å². The van der Waals surface area contributed by atoms with Crippen molar-refractivity contribution in [2.45, 2.75) is 25.3 Å². The van der Waals surface area contributed by atoms with Crippen LogP contribution in [0.4, 0.5) is 0 Å². The predicted molar refractivity (Wildman–Crippen MR) is 90.4 cm³/mol. The second-order valence-electron chi connectivity index (χ2n) is 5.53. The summed E-state index contributed by atoms with van der Waals surface area (Å²) >= 11 is 3.42. The molecule has 1 aliphatic carbocycles. The molecule has 114 valence electrons. The van der Waals surface area contributed by atoms with Crippen LogP contribution >= 0.6 is 15.9 Å². The first-order valence-corrected chi connectivity index (χ1v) is 8.18. The maximum Gasteiger partial charge on any atom is 0.251 e. The van der Waals surface area contributed by atoms with Crippen LogP contribution in [0, 0.1) is 0 Å². The average Bonchev–Trinajstić information content (AvgIpc) is 2.54. The molecule has 0 fully saturated rings. The second kappa shape index (κ2) is 6.53. The zero-order valence-electron chi connectivity index (χ0n) is 12.4. The number of rotatable bonds is 3. The summed E-state index contributed by atoms with van der Waals surface area (Å²) < 4.78 is 5.98. The zero-order valence-corrected chi connectivity index (χ0v) is 14.0. The van der Waals surface area contributed by atoms with Crippen LogP contribution in [-0.2, 0) is 12.8 Å². The Morgan fingerprint density at radius 2 is 2.00 bits per heavy atom. The smallest absolute Gasteiger partial charge is 0.251 e. The largest absolute Gasteiger partial charge is 0.496 e. The minimum Gasteiger partial charge on any atom is -0.496 e. The van der Waals surface area contributed by atoms with E-state index >= 15 is 0 Å². The van der Waals surface area contributed by atoms with E-state index < -0.39 is 0 Å². The molecule has 1 amide bonds. The lowest BCUT2D eigenvalue weighted by molar-refractivity contribution is 0.0933. The van der Waals surface area contributed by atoms with E-state index in [-0.39, 0.29) is 11.9 Å². The maximum atomic E-state index is 12.4. The van der Waals surface area contributed by atoms with Gasteiger partial charge in [-0.15, -0.1) is 0 Å². The van der Waals surface area contributed by atoms with Crippen molar-refractivity contribution in [3.05, 3.63) is 63.6 Å². The highest BCUT2D eigenvalue weighted by Gasteiger charge is 2.20. The number of nitrogens with one attached hydrogen (secondary N) is 1. The molecule has 1 aliphatic rings. The van der Waals surface area contributed by atoms with Crippen LogP contribution in [0.15, 0.2) is 46.9 Å². The van der Waals surface area contributed by atoms with Gasteiger partial charge in [-0.2, -0.15) is 0 Å². The van der Waals surface area contributed by atoms with Gasteiger partial charge < -0.3 is 10.1 Å². The van der Waals surface area contributed by atoms with Gasteiger partial charge in [-0.05, 0) is 64.5 Å². The first kappa shape index (κ1) is 15.1. The first-order chi connectivity index (χ1) is 10.7. The number of ether oxygens (including phenoxy) is 1. The van der Waals surface area contributed by atoms with Crippen molar-refractivity contribution < 1.29 is 9.53 Å². The van der Waals surface area contributed by atoms with Gasteiger partial charge in [0.2, 0.25) is 0 Å². The van der Waals surface area contributed by atoms with Gasteiger partial charge in [-0.1, -0.05) is 24.3 Å². The summed E-state index contributed by atoms with van der Waals surface area (Å²) in [4.78, 5) is 12.4. The van der Waals surface area contributed by atoms with Crippen molar-refractivity contribution >= 4 is 21.8 Å². The quantitative estimate of drug-likeness (QED) is 0.906. The van der Waals surface area contributed by atoms with Crippen LogP contribution in [0.5, 0.6) is 5.75 Å². The molecule has 0 spiro atoms. The molecule has 3 nitrogen and oxygen atoms in total. The monoisotopic (exact) mass is 359 g/mol. The molecule has 0 aromatic heterocycles. The molecular weight excluding hydrogens is 342 g/mol. The van der Waals surface area contributed by atoms with Crippen LogP contribution < -0.4 is 10.1 Å². The highest BCUT2D eigenvalue weighted by Crippen LogP contribution is 2.26. The van der Waals surface area contributed by atoms with Crippen molar-refractivity contribution in [1.29, 1.82) is 0 Å². The third kappa shape index (κ3) is 3.17. The zero-order chi connectivity index (χ0) is 15.5. The maximum absolute atomic E-state index is 12.4. The van der Waals surface area contributed by atoms with Gasteiger partial charge in [-0.25, -0.2) is 0 Å². The molecule has 2 aromatic rings. The molecule has 0 aliphatic heterocycles. The lowest BCUT2D eigenvalue weighted by Crippen LogP contribution is -2.38. The first-order valence-electron chi connectivity index (χ1n) is 7.38. The Morgan fingerprint density at radius 3 is 2.73 bits per heavy atom. The van der Waals surface area contributed by atoms with Gasteiger partial charge in [-0.3, -0.25) is 4.79 Å². The minimum absolute atomic E-state index is 0.0345. The Balaban J connectivity index is 1.69. The Morgan fingerprint density at radius 1 is 1.23 bits per heavy atom. The van der Waals surface area contributed by atoms with Crippen LogP contribution in [0.3, 0.4) is 0 Å². The van der Waals surface area contributed by atoms with E-state index in [0.29, 0.717) is 5.56 Å². The Kier molecular flexibility index (Phi) is 4.48. The molecule has 0 heterocycles. The number of amides is 1. The molecular formula is C18H18BrNO2. The van der Waals surface area contributed by atoms with Crippen molar-refractivity contribution in [1.82, 2.24) is 5.32 Å². The molecule has 0 radical (unpaired) electrons. The summed E-state index contributed by atoms with van der Waals surface area (Å²) in [7, 11) is 1.61. The number of aryl methyl sites for hydroxylation is 1. The fourth-order valence-electron chi connectivity index (χ4n) is 2.90. The predicted octanol–water partition coefficient (Wildman–Crippen LogP) is 3.75. The summed E-state index contributed by atoms with van der Waals surface area (Å²) in [6, 6.07) is 14.0. The van der Waals surface area contributed by atoms with E-state index in [1.807, 2.05) is 0 Å². The molecule has 4 heteroatoms.